The molecular weight excluding hydrogens is 288 g/mol. The molecule has 0 spiro atoms. The van der Waals surface area contributed by atoms with Crippen molar-refractivity contribution in [3.8, 4) is 0 Å². The van der Waals surface area contributed by atoms with Crippen LogP contribution in [0, 0.1) is 52.8 Å². The van der Waals surface area contributed by atoms with E-state index in [0.29, 0.717) is 23.2 Å². The SMILES string of the molecule is C=C(C)C(C)C(C)C(C)(C)C(C)C(C)C(C)C(C)CC(C)C(C)C. The van der Waals surface area contributed by atoms with Crippen molar-refractivity contribution < 1.29 is 0 Å². The second kappa shape index (κ2) is 9.44. The van der Waals surface area contributed by atoms with Gasteiger partial charge in [0, 0.05) is 0 Å². The Morgan fingerprint density at radius 1 is 0.750 bits per heavy atom. The molecule has 0 heterocycles. The van der Waals surface area contributed by atoms with Crippen LogP contribution >= 0.6 is 0 Å². The fraction of sp³-hybridized carbons (Fsp3) is 0.917. The average Bonchev–Trinajstić information content (AvgIpc) is 2.50. The van der Waals surface area contributed by atoms with E-state index in [9.17, 15) is 0 Å². The highest BCUT2D eigenvalue weighted by Crippen LogP contribution is 2.46. The molecule has 0 heteroatoms. The van der Waals surface area contributed by atoms with Crippen LogP contribution in [0.1, 0.15) is 89.5 Å². The van der Waals surface area contributed by atoms with Crippen molar-refractivity contribution in [2.45, 2.75) is 89.5 Å². The maximum Gasteiger partial charge on any atom is -0.0206 e. The fourth-order valence-electron chi connectivity index (χ4n) is 4.21. The van der Waals surface area contributed by atoms with E-state index in [1.807, 2.05) is 0 Å². The minimum absolute atomic E-state index is 0.329. The summed E-state index contributed by atoms with van der Waals surface area (Å²) in [7, 11) is 0. The predicted octanol–water partition coefficient (Wildman–Crippen LogP) is 8.09. The first-order chi connectivity index (χ1) is 10.7. The highest BCUT2D eigenvalue weighted by molar-refractivity contribution is 5.00. The van der Waals surface area contributed by atoms with Crippen molar-refractivity contribution in [2.75, 3.05) is 0 Å². The van der Waals surface area contributed by atoms with Crippen LogP contribution in [0.4, 0.5) is 0 Å². The Labute approximate surface area is 154 Å². The molecule has 0 radical (unpaired) electrons. The van der Waals surface area contributed by atoms with Crippen LogP contribution in [-0.2, 0) is 0 Å². The minimum atomic E-state index is 0.329. The first-order valence-electron chi connectivity index (χ1n) is 10.4. The Hall–Kier alpha value is -0.260. The van der Waals surface area contributed by atoms with Gasteiger partial charge in [-0.3, -0.25) is 0 Å². The summed E-state index contributed by atoms with van der Waals surface area (Å²) >= 11 is 0. The number of hydrogen-bond acceptors (Lipinski definition) is 0. The lowest BCUT2D eigenvalue weighted by atomic mass is 9.59. The van der Waals surface area contributed by atoms with Crippen LogP contribution in [0.25, 0.3) is 0 Å². The summed E-state index contributed by atoms with van der Waals surface area (Å²) < 4.78 is 0. The average molecular weight is 337 g/mol. The zero-order valence-electron chi connectivity index (χ0n) is 19.0. The molecule has 0 aromatic heterocycles. The Balaban J connectivity index is 5.06. The molecule has 0 saturated heterocycles. The predicted molar refractivity (Wildman–Crippen MR) is 112 cm³/mol. The molecule has 0 aromatic carbocycles. The third kappa shape index (κ3) is 5.92. The molecule has 0 nitrogen and oxygen atoms in total. The van der Waals surface area contributed by atoms with Gasteiger partial charge in [0.1, 0.15) is 0 Å². The maximum atomic E-state index is 4.21. The van der Waals surface area contributed by atoms with Gasteiger partial charge < -0.3 is 0 Å². The molecule has 0 amide bonds. The molecule has 144 valence electrons. The van der Waals surface area contributed by atoms with Crippen LogP contribution in [0.2, 0.25) is 0 Å². The quantitative estimate of drug-likeness (QED) is 0.354. The normalized spacial score (nSPS) is 21.7. The van der Waals surface area contributed by atoms with Gasteiger partial charge in [-0.2, -0.15) is 0 Å². The topological polar surface area (TPSA) is 0 Å². The lowest BCUT2D eigenvalue weighted by molar-refractivity contribution is 0.0393. The van der Waals surface area contributed by atoms with Gasteiger partial charge in [-0.05, 0) is 66.1 Å². The van der Waals surface area contributed by atoms with Gasteiger partial charge in [-0.15, -0.1) is 0 Å². The van der Waals surface area contributed by atoms with Crippen molar-refractivity contribution in [1.29, 1.82) is 0 Å². The molecule has 7 unspecified atom stereocenters. The highest BCUT2D eigenvalue weighted by atomic mass is 14.4. The Morgan fingerprint density at radius 3 is 1.58 bits per heavy atom. The van der Waals surface area contributed by atoms with E-state index in [1.165, 1.54) is 12.0 Å². The fourth-order valence-corrected chi connectivity index (χ4v) is 4.21. The van der Waals surface area contributed by atoms with Crippen molar-refractivity contribution in [3.63, 3.8) is 0 Å². The van der Waals surface area contributed by atoms with E-state index in [1.54, 1.807) is 0 Å². The van der Waals surface area contributed by atoms with Crippen LogP contribution in [-0.4, -0.2) is 0 Å². The van der Waals surface area contributed by atoms with E-state index in [4.69, 9.17) is 0 Å². The van der Waals surface area contributed by atoms with Crippen LogP contribution in [0.3, 0.4) is 0 Å². The first-order valence-corrected chi connectivity index (χ1v) is 10.4. The van der Waals surface area contributed by atoms with E-state index >= 15 is 0 Å². The number of rotatable bonds is 10. The monoisotopic (exact) mass is 336 g/mol. The molecule has 0 N–H and O–H groups in total. The van der Waals surface area contributed by atoms with Crippen molar-refractivity contribution in [2.24, 2.45) is 52.8 Å². The number of hydrogen-bond donors (Lipinski definition) is 0. The molecule has 0 bridgehead atoms. The standard InChI is InChI=1S/C24H48/c1-15(2)17(5)14-18(6)20(8)21(9)23(11)24(12,13)22(10)19(7)16(3)4/h15,17-23H,3,14H2,1-2,4-13H3. The van der Waals surface area contributed by atoms with Gasteiger partial charge in [0.25, 0.3) is 0 Å². The summed E-state index contributed by atoms with van der Waals surface area (Å²) in [4.78, 5) is 0. The summed E-state index contributed by atoms with van der Waals surface area (Å²) in [5, 5.41) is 0. The molecule has 0 aromatic rings. The molecule has 0 aliphatic heterocycles. The summed E-state index contributed by atoms with van der Waals surface area (Å²) in [6, 6.07) is 0. The summed E-state index contributed by atoms with van der Waals surface area (Å²) in [5.41, 5.74) is 1.65. The second-order valence-electron chi connectivity index (χ2n) is 10.2. The Morgan fingerprint density at radius 2 is 1.21 bits per heavy atom. The molecule has 0 aliphatic rings. The zero-order chi connectivity index (χ0) is 19.4. The maximum absolute atomic E-state index is 4.21. The Kier molecular flexibility index (Phi) is 9.34. The van der Waals surface area contributed by atoms with E-state index < -0.39 is 0 Å². The van der Waals surface area contributed by atoms with Crippen LogP contribution < -0.4 is 0 Å². The van der Waals surface area contributed by atoms with Crippen molar-refractivity contribution in [3.05, 3.63) is 12.2 Å². The van der Waals surface area contributed by atoms with Crippen LogP contribution in [0.15, 0.2) is 12.2 Å². The molecule has 0 fully saturated rings. The molecule has 7 atom stereocenters. The summed E-state index contributed by atoms with van der Waals surface area (Å²) in [6.45, 7) is 33.2. The molecular formula is C24H48. The summed E-state index contributed by atoms with van der Waals surface area (Å²) in [5.74, 6) is 5.88. The number of allylic oxidation sites excluding steroid dienone is 1. The van der Waals surface area contributed by atoms with E-state index in [2.05, 4.69) is 89.7 Å². The molecule has 0 aliphatic carbocycles. The summed E-state index contributed by atoms with van der Waals surface area (Å²) in [6.07, 6.45) is 1.36. The third-order valence-corrected chi connectivity index (χ3v) is 8.27. The first kappa shape index (κ1) is 23.7. The Bertz CT molecular complexity index is 375. The van der Waals surface area contributed by atoms with E-state index in [0.717, 1.165) is 29.6 Å². The smallest absolute Gasteiger partial charge is 0.0206 e. The van der Waals surface area contributed by atoms with E-state index in [-0.39, 0.29) is 0 Å². The van der Waals surface area contributed by atoms with Gasteiger partial charge in [-0.1, -0.05) is 88.3 Å². The largest absolute Gasteiger partial charge is 0.0999 e. The van der Waals surface area contributed by atoms with Gasteiger partial charge in [-0.25, -0.2) is 0 Å². The second-order valence-corrected chi connectivity index (χ2v) is 10.2. The molecule has 0 rings (SSSR count). The van der Waals surface area contributed by atoms with Gasteiger partial charge in [0.05, 0.1) is 0 Å². The zero-order valence-corrected chi connectivity index (χ0v) is 19.0. The highest BCUT2D eigenvalue weighted by Gasteiger charge is 2.39. The van der Waals surface area contributed by atoms with Gasteiger partial charge >= 0.3 is 0 Å². The van der Waals surface area contributed by atoms with Crippen molar-refractivity contribution in [1.82, 2.24) is 0 Å². The lowest BCUT2D eigenvalue weighted by Gasteiger charge is -2.46. The molecule has 24 heavy (non-hydrogen) atoms. The van der Waals surface area contributed by atoms with Crippen LogP contribution in [0.5, 0.6) is 0 Å². The third-order valence-electron chi connectivity index (χ3n) is 8.27. The van der Waals surface area contributed by atoms with Crippen molar-refractivity contribution >= 4 is 0 Å². The van der Waals surface area contributed by atoms with Gasteiger partial charge in [0.2, 0.25) is 0 Å². The minimum Gasteiger partial charge on any atom is -0.0999 e. The van der Waals surface area contributed by atoms with Gasteiger partial charge in [0.15, 0.2) is 0 Å². The lowest BCUT2D eigenvalue weighted by Crippen LogP contribution is -2.39. The molecule has 0 saturated carbocycles.